The minimum atomic E-state index is -2.13. The molecular weight excluding hydrogens is 392 g/mol. The number of ether oxygens (including phenoxy) is 1. The van der Waals surface area contributed by atoms with E-state index in [1.54, 1.807) is 0 Å². The molecule has 1 aromatic carbocycles. The van der Waals surface area contributed by atoms with Crippen LogP contribution in [0.15, 0.2) is 24.5 Å². The molecule has 30 heavy (non-hydrogen) atoms. The zero-order valence-corrected chi connectivity index (χ0v) is 17.9. The molecule has 3 rings (SSSR count). The molecule has 1 nitrogen and oxygen atoms in total. The second kappa shape index (κ2) is 11.2. The van der Waals surface area contributed by atoms with Crippen molar-refractivity contribution in [3.63, 3.8) is 0 Å². The van der Waals surface area contributed by atoms with Gasteiger partial charge in [0, 0.05) is 0 Å². The van der Waals surface area contributed by atoms with E-state index < -0.39 is 23.5 Å². The van der Waals surface area contributed by atoms with E-state index in [0.717, 1.165) is 43.4 Å². The van der Waals surface area contributed by atoms with E-state index in [9.17, 15) is 17.6 Å². The van der Waals surface area contributed by atoms with Crippen LogP contribution in [0.3, 0.4) is 0 Å². The number of hydrogen-bond donors (Lipinski definition) is 0. The Morgan fingerprint density at radius 3 is 2.00 bits per heavy atom. The lowest BCUT2D eigenvalue weighted by atomic mass is 9.68. The standard InChI is InChI=1S/C25H34F4O/c1-2-3-4-5-17-6-8-18(9-7-17)19-10-12-20(13-11-19)21-14-22(26)25(23(27)15-21)30-16-24(28)29/h14-20H,2-13H2,1H3/t17-,18-,19?,20?. The van der Waals surface area contributed by atoms with Gasteiger partial charge in [-0.2, -0.15) is 8.78 Å². The first-order chi connectivity index (χ1) is 14.5. The Kier molecular flexibility index (Phi) is 8.64. The van der Waals surface area contributed by atoms with Gasteiger partial charge < -0.3 is 4.74 Å². The van der Waals surface area contributed by atoms with Crippen LogP contribution in [0.25, 0.3) is 0 Å². The second-order valence-electron chi connectivity index (χ2n) is 9.23. The van der Waals surface area contributed by atoms with Gasteiger partial charge in [-0.1, -0.05) is 45.4 Å². The summed E-state index contributed by atoms with van der Waals surface area (Å²) < 4.78 is 57.1. The Labute approximate surface area is 177 Å². The van der Waals surface area contributed by atoms with Crippen LogP contribution in [0.1, 0.15) is 95.5 Å². The third-order valence-corrected chi connectivity index (χ3v) is 7.30. The summed E-state index contributed by atoms with van der Waals surface area (Å²) in [6, 6.07) is 2.49. The normalized spacial score (nSPS) is 27.0. The Balaban J connectivity index is 1.49. The van der Waals surface area contributed by atoms with E-state index in [4.69, 9.17) is 0 Å². The minimum Gasteiger partial charge on any atom is -0.453 e. The smallest absolute Gasteiger partial charge is 0.305 e. The molecule has 168 valence electrons. The van der Waals surface area contributed by atoms with Gasteiger partial charge >= 0.3 is 6.08 Å². The van der Waals surface area contributed by atoms with Crippen molar-refractivity contribution >= 4 is 0 Å². The molecule has 0 unspecified atom stereocenters. The molecule has 0 N–H and O–H groups in total. The van der Waals surface area contributed by atoms with Crippen molar-refractivity contribution < 1.29 is 22.3 Å². The molecule has 0 saturated heterocycles. The van der Waals surface area contributed by atoms with Gasteiger partial charge in [-0.3, -0.25) is 0 Å². The van der Waals surface area contributed by atoms with Gasteiger partial charge in [-0.05, 0) is 79.9 Å². The Morgan fingerprint density at radius 1 is 0.900 bits per heavy atom. The zero-order valence-electron chi connectivity index (χ0n) is 17.9. The number of halogens is 4. The van der Waals surface area contributed by atoms with E-state index in [-0.39, 0.29) is 12.2 Å². The maximum Gasteiger partial charge on any atom is 0.305 e. The Hall–Kier alpha value is -1.52. The molecule has 0 amide bonds. The summed E-state index contributed by atoms with van der Waals surface area (Å²) in [7, 11) is 0. The summed E-state index contributed by atoms with van der Waals surface area (Å²) in [6.07, 6.45) is 12.8. The molecule has 2 fully saturated rings. The van der Waals surface area contributed by atoms with Crippen LogP contribution in [-0.4, -0.2) is 0 Å². The van der Waals surface area contributed by atoms with Crippen molar-refractivity contribution in [3.8, 4) is 5.75 Å². The van der Waals surface area contributed by atoms with Crippen LogP contribution < -0.4 is 4.74 Å². The average molecular weight is 427 g/mol. The SMILES string of the molecule is CCCCC[C@H]1CC[C@H](C2CCC(c3cc(F)c(OC=C(F)F)c(F)c3)CC2)CC1. The molecule has 0 aromatic heterocycles. The van der Waals surface area contributed by atoms with Gasteiger partial charge in [-0.25, -0.2) is 8.78 Å². The van der Waals surface area contributed by atoms with E-state index in [1.165, 1.54) is 63.5 Å². The van der Waals surface area contributed by atoms with Gasteiger partial charge in [0.1, 0.15) is 0 Å². The zero-order chi connectivity index (χ0) is 21.5. The molecule has 0 spiro atoms. The van der Waals surface area contributed by atoms with Crippen molar-refractivity contribution in [3.05, 3.63) is 41.7 Å². The molecule has 0 bridgehead atoms. The largest absolute Gasteiger partial charge is 0.453 e. The highest BCUT2D eigenvalue weighted by Crippen LogP contribution is 2.45. The van der Waals surface area contributed by atoms with E-state index in [1.807, 2.05) is 0 Å². The third kappa shape index (κ3) is 6.24. The number of rotatable bonds is 8. The van der Waals surface area contributed by atoms with Gasteiger partial charge in [-0.15, -0.1) is 0 Å². The highest BCUT2D eigenvalue weighted by molar-refractivity contribution is 5.34. The summed E-state index contributed by atoms with van der Waals surface area (Å²) in [5.74, 6) is -0.0459. The summed E-state index contributed by atoms with van der Waals surface area (Å²) in [5.41, 5.74) is 0.611. The predicted molar refractivity (Wildman–Crippen MR) is 112 cm³/mol. The first-order valence-corrected chi connectivity index (χ1v) is 11.6. The maximum atomic E-state index is 14.2. The lowest BCUT2D eigenvalue weighted by molar-refractivity contribution is 0.155. The molecule has 2 aliphatic carbocycles. The monoisotopic (exact) mass is 426 g/mol. The molecule has 5 heteroatoms. The molecule has 0 atom stereocenters. The first kappa shape index (κ1) is 23.1. The van der Waals surface area contributed by atoms with E-state index in [0.29, 0.717) is 5.56 Å². The lowest BCUT2D eigenvalue weighted by Crippen LogP contribution is -2.25. The average Bonchev–Trinajstić information content (AvgIpc) is 2.74. The molecule has 1 aromatic rings. The van der Waals surface area contributed by atoms with Crippen molar-refractivity contribution in [2.45, 2.75) is 89.9 Å². The lowest BCUT2D eigenvalue weighted by Gasteiger charge is -2.38. The van der Waals surface area contributed by atoms with Crippen molar-refractivity contribution in [1.82, 2.24) is 0 Å². The fraction of sp³-hybridized carbons (Fsp3) is 0.680. The molecule has 0 heterocycles. The fourth-order valence-corrected chi connectivity index (χ4v) is 5.59. The van der Waals surface area contributed by atoms with Crippen LogP contribution in [0.5, 0.6) is 5.75 Å². The van der Waals surface area contributed by atoms with E-state index >= 15 is 0 Å². The predicted octanol–water partition coefficient (Wildman–Crippen LogP) is 8.74. The quantitative estimate of drug-likeness (QED) is 0.229. The number of hydrogen-bond acceptors (Lipinski definition) is 1. The van der Waals surface area contributed by atoms with Crippen LogP contribution >= 0.6 is 0 Å². The summed E-state index contributed by atoms with van der Waals surface area (Å²) in [6.45, 7) is 2.25. The van der Waals surface area contributed by atoms with Crippen LogP contribution in [0, 0.1) is 29.4 Å². The minimum absolute atomic E-state index is 0.0604. The van der Waals surface area contributed by atoms with Crippen molar-refractivity contribution in [2.24, 2.45) is 17.8 Å². The highest BCUT2D eigenvalue weighted by Gasteiger charge is 2.31. The third-order valence-electron chi connectivity index (χ3n) is 7.30. The summed E-state index contributed by atoms with van der Waals surface area (Å²) >= 11 is 0. The second-order valence-corrected chi connectivity index (χ2v) is 9.23. The molecule has 0 radical (unpaired) electrons. The van der Waals surface area contributed by atoms with Gasteiger partial charge in [0.25, 0.3) is 0 Å². The highest BCUT2D eigenvalue weighted by atomic mass is 19.3. The topological polar surface area (TPSA) is 9.23 Å². The molecule has 2 saturated carbocycles. The molecule has 0 aliphatic heterocycles. The summed E-state index contributed by atoms with van der Waals surface area (Å²) in [5, 5.41) is 0. The Morgan fingerprint density at radius 2 is 1.47 bits per heavy atom. The van der Waals surface area contributed by atoms with Gasteiger partial charge in [0.2, 0.25) is 0 Å². The van der Waals surface area contributed by atoms with Crippen molar-refractivity contribution in [2.75, 3.05) is 0 Å². The maximum absolute atomic E-state index is 14.2. The first-order valence-electron chi connectivity index (χ1n) is 11.6. The van der Waals surface area contributed by atoms with Gasteiger partial charge in [0.15, 0.2) is 23.6 Å². The summed E-state index contributed by atoms with van der Waals surface area (Å²) in [4.78, 5) is 0. The number of benzene rings is 1. The van der Waals surface area contributed by atoms with Gasteiger partial charge in [0.05, 0.1) is 0 Å². The Bertz CT molecular complexity index is 674. The molecule has 2 aliphatic rings. The number of unbranched alkanes of at least 4 members (excludes halogenated alkanes) is 2. The van der Waals surface area contributed by atoms with Crippen LogP contribution in [0.4, 0.5) is 17.6 Å². The van der Waals surface area contributed by atoms with E-state index in [2.05, 4.69) is 11.7 Å². The molecular formula is C25H34F4O. The van der Waals surface area contributed by atoms with Crippen LogP contribution in [0.2, 0.25) is 0 Å². The van der Waals surface area contributed by atoms with Crippen molar-refractivity contribution in [1.29, 1.82) is 0 Å². The fourth-order valence-electron chi connectivity index (χ4n) is 5.59. The van der Waals surface area contributed by atoms with Crippen LogP contribution in [-0.2, 0) is 0 Å².